The van der Waals surface area contributed by atoms with Gasteiger partial charge < -0.3 is 45.8 Å². The number of rotatable bonds is 11. The molecule has 2 aliphatic carbocycles. The molecule has 3 fully saturated rings. The van der Waals surface area contributed by atoms with E-state index in [-0.39, 0.29) is 77.6 Å². The third kappa shape index (κ3) is 20.5. The van der Waals surface area contributed by atoms with Gasteiger partial charge in [-0.05, 0) is 178 Å². The van der Waals surface area contributed by atoms with Crippen LogP contribution in [-0.2, 0) is 52.1 Å². The van der Waals surface area contributed by atoms with Crippen LogP contribution in [0.15, 0.2) is 154 Å². The van der Waals surface area contributed by atoms with Crippen LogP contribution in [0.3, 0.4) is 0 Å². The summed E-state index contributed by atoms with van der Waals surface area (Å²) in [6.45, 7) is 22.3. The Morgan fingerprint density at radius 3 is 1.81 bits per heavy atom. The smallest absolute Gasteiger partial charge is 0.677 e. The normalized spacial score (nSPS) is 19.2. The predicted octanol–water partition coefficient (Wildman–Crippen LogP) is 21.6. The molecule has 22 heteroatoms. The van der Waals surface area contributed by atoms with Crippen LogP contribution in [0.5, 0.6) is 23.1 Å². The number of ether oxygens (including phenoxy) is 5. The van der Waals surface area contributed by atoms with Crippen LogP contribution in [0.2, 0.25) is 5.15 Å². The van der Waals surface area contributed by atoms with Crippen LogP contribution in [-0.4, -0.2) is 103 Å². The van der Waals surface area contributed by atoms with Crippen molar-refractivity contribution in [3.8, 4) is 45.4 Å². The van der Waals surface area contributed by atoms with E-state index >= 15 is 0 Å². The van der Waals surface area contributed by atoms with Crippen molar-refractivity contribution >= 4 is 70.5 Å². The molecule has 0 bridgehead atoms. The quantitative estimate of drug-likeness (QED) is 0.0543. The second-order valence-electron chi connectivity index (χ2n) is 30.6. The molecular formula is C86H105BrCl2F3N9O5PPd+. The second-order valence-corrected chi connectivity index (χ2v) is 35.0. The summed E-state index contributed by atoms with van der Waals surface area (Å²) in [7, 11) is 1.10. The minimum atomic E-state index is -2.66. The fourth-order valence-corrected chi connectivity index (χ4v) is 20.3. The Hall–Kier alpha value is -6.33. The van der Waals surface area contributed by atoms with Crippen LogP contribution < -0.4 is 31.1 Å². The molecule has 5 aliphatic heterocycles. The van der Waals surface area contributed by atoms with Gasteiger partial charge >= 0.3 is 20.4 Å². The average Bonchev–Trinajstić information content (AvgIpc) is 0.727. The third-order valence-corrected chi connectivity index (χ3v) is 25.7. The maximum Gasteiger partial charge on any atom is 2.00 e. The van der Waals surface area contributed by atoms with Gasteiger partial charge in [-0.3, -0.25) is 9.98 Å². The van der Waals surface area contributed by atoms with Gasteiger partial charge in [0.05, 0.1) is 59.1 Å². The first-order valence-electron chi connectivity index (χ1n) is 37.6. The molecule has 2 saturated carbocycles. The summed E-state index contributed by atoms with van der Waals surface area (Å²) in [4.78, 5) is 23.8. The van der Waals surface area contributed by atoms with Crippen molar-refractivity contribution in [1.82, 2.24) is 15.0 Å². The van der Waals surface area contributed by atoms with Crippen molar-refractivity contribution in [1.29, 1.82) is 0 Å². The molecule has 0 amide bonds. The number of nitrogens with one attached hydrogen (secondary N) is 1. The molecule has 0 radical (unpaired) electrons. The fraction of sp³-hybridized carbons (Fsp3) is 0.453. The molecule has 5 aromatic carbocycles. The minimum Gasteiger partial charge on any atom is -0.677 e. The molecule has 108 heavy (non-hydrogen) atoms. The first-order valence-corrected chi connectivity index (χ1v) is 40.5. The van der Waals surface area contributed by atoms with Crippen molar-refractivity contribution in [2.45, 2.75) is 197 Å². The van der Waals surface area contributed by atoms with Crippen LogP contribution in [0.1, 0.15) is 202 Å². The number of amidine groups is 2. The van der Waals surface area contributed by atoms with E-state index in [2.05, 4.69) is 115 Å². The molecule has 15 rings (SSSR count). The second kappa shape index (κ2) is 38.3. The number of hydrogen-bond acceptors (Lipinski definition) is 13. The minimum absolute atomic E-state index is 0. The van der Waals surface area contributed by atoms with Crippen molar-refractivity contribution in [3.05, 3.63) is 212 Å². The summed E-state index contributed by atoms with van der Waals surface area (Å²) >= 11 is 9.57. The number of pyridine rings is 3. The van der Waals surface area contributed by atoms with E-state index in [1.165, 1.54) is 76.0 Å². The first kappa shape index (κ1) is 85.7. The molecule has 7 aliphatic rings. The van der Waals surface area contributed by atoms with E-state index in [1.807, 2.05) is 74.2 Å². The number of methoxy groups -OCH3 is 1. The average molecular weight is 1690 g/mol. The maximum absolute atomic E-state index is 14.5. The van der Waals surface area contributed by atoms with Gasteiger partial charge in [0.25, 0.3) is 5.92 Å². The third-order valence-electron chi connectivity index (χ3n) is 21.0. The van der Waals surface area contributed by atoms with Crippen molar-refractivity contribution < 1.29 is 57.3 Å². The van der Waals surface area contributed by atoms with Crippen molar-refractivity contribution in [2.24, 2.45) is 21.5 Å². The van der Waals surface area contributed by atoms with Crippen molar-refractivity contribution in [3.63, 3.8) is 0 Å². The number of benzene rings is 5. The van der Waals surface area contributed by atoms with Gasteiger partial charge in [0.2, 0.25) is 11.8 Å². The number of aliphatic imine (C=N–C) groups is 2. The summed E-state index contributed by atoms with van der Waals surface area (Å²) in [5, 5.41) is 2.16. The van der Waals surface area contributed by atoms with Gasteiger partial charge in [0.15, 0.2) is 5.75 Å². The Kier molecular flexibility index (Phi) is 30.4. The SMILES string of the molecule is CC(C)c1cc(C(C)C)c(-c2ccccc2[PH+](C2CCCCC2)C2CCCCC2)c(C(C)C)c1.COC(C)(C)C.Cl.NC1=N[C@@]2(COC1)c1cc(-c3cccnc3F)ccc1Oc1ncc(N3CCC(F)(F)CC3)cc12.NC1=N[C@@]2(COC1)c1cc(Br)ccc1Oc1cnc(Cl)cc12.[NH-]CCc1[c-]cccc1.[Pd+2]. The predicted molar refractivity (Wildman–Crippen MR) is 438 cm³/mol. The Morgan fingerprint density at radius 1 is 0.676 bits per heavy atom. The van der Waals surface area contributed by atoms with E-state index in [1.54, 1.807) is 83.5 Å². The number of aromatic nitrogens is 3. The van der Waals surface area contributed by atoms with Crippen molar-refractivity contribution in [2.75, 3.05) is 58.1 Å². The molecular weight excluding hydrogens is 1580 g/mol. The van der Waals surface area contributed by atoms with E-state index in [9.17, 15) is 13.2 Å². The zero-order chi connectivity index (χ0) is 75.5. The van der Waals surface area contributed by atoms with Crippen LogP contribution in [0.25, 0.3) is 28.0 Å². The summed E-state index contributed by atoms with van der Waals surface area (Å²) in [5.74, 6) is 1.32. The molecule has 2 spiro atoms. The van der Waals surface area contributed by atoms with E-state index < -0.39 is 30.9 Å². The Balaban J connectivity index is 0.000000172. The topological polar surface area (TPSA) is 189 Å². The standard InChI is InChI=1S/C33H49P.C25H22F3N5O2.C15H11BrClN3O2.C8H9N.C5H12O.ClH.Pd/c1-23(2)26-21-30(24(3)4)33(31(22-26)25(5)6)29-19-13-14-20-32(29)34(27-15-9-7-10-16-27)28-17-11-8-12-18-28;26-22-17(2-1-7-30-22)15-3-4-20-18(10-15)25(14-34-13-21(29)32-25)19-11-16(12-31-23(19)35-20)33-8-5-24(27,28)6-9-33;16-8-1-2-11-9(3-8)15(7-21-6-14(18)20-15)10-4-13(17)19-5-12(10)22-11;9-7-6-8-4-2-1-3-5-8;1-5(2,3)6-4;;/h13-14,19-25,27-28H,7-12,15-18H2,1-6H3;1-4,7,10-12H,5-6,8-9,13-14H2,(H2,29,32);1-5H,6-7H2,(H2,18,20);1-4,9H,6-7H2;1-4H3;1H;/q;;;-2;;;+2/p+1/t;25-;15-;;;;/m.00..../s1. The monoisotopic (exact) mass is 1690 g/mol. The number of hydrogen-bond donors (Lipinski definition) is 2. The summed E-state index contributed by atoms with van der Waals surface area (Å²) in [6, 6.07) is 43.7. The van der Waals surface area contributed by atoms with Gasteiger partial charge in [-0.15, -0.1) is 19.0 Å². The molecule has 3 aromatic heterocycles. The fourth-order valence-electron chi connectivity index (χ4n) is 15.4. The summed E-state index contributed by atoms with van der Waals surface area (Å²) in [5.41, 5.74) is 32.8. The van der Waals surface area contributed by atoms with Crippen LogP contribution in [0, 0.1) is 12.0 Å². The summed E-state index contributed by atoms with van der Waals surface area (Å²) in [6.07, 6.45) is 19.7. The molecule has 5 N–H and O–H groups in total. The van der Waals surface area contributed by atoms with Gasteiger partial charge in [0.1, 0.15) is 52.6 Å². The number of piperidine rings is 1. The molecule has 2 atom stereocenters. The van der Waals surface area contributed by atoms with Crippen LogP contribution in [0.4, 0.5) is 18.9 Å². The number of nitrogens with zero attached hydrogens (tertiary/aromatic N) is 6. The molecule has 8 aromatic rings. The Labute approximate surface area is 672 Å². The molecule has 580 valence electrons. The first-order chi connectivity index (χ1) is 50.8. The molecule has 0 unspecified atom stereocenters. The molecule has 8 heterocycles. The zero-order valence-electron chi connectivity index (χ0n) is 63.8. The maximum atomic E-state index is 14.5. The number of nitrogens with two attached hydrogens (primary N) is 2. The van der Waals surface area contributed by atoms with Gasteiger partial charge in [-0.25, -0.2) is 23.7 Å². The largest absolute Gasteiger partial charge is 2.00 e. The molecule has 1 saturated heterocycles. The van der Waals surface area contributed by atoms with Crippen LogP contribution >= 0.6 is 47.9 Å². The number of fused-ring (bicyclic) bond motifs is 8. The number of anilines is 1. The van der Waals surface area contributed by atoms with E-state index in [4.69, 9.17) is 62.5 Å². The molecule has 14 nitrogen and oxygen atoms in total. The van der Waals surface area contributed by atoms with E-state index in [0.717, 1.165) is 38.9 Å². The Bertz CT molecular complexity index is 4280. The summed E-state index contributed by atoms with van der Waals surface area (Å²) < 4.78 is 71.4. The zero-order valence-corrected chi connectivity index (χ0v) is 69.5. The number of halogens is 6. The van der Waals surface area contributed by atoms with E-state index in [0.29, 0.717) is 105 Å². The van der Waals surface area contributed by atoms with Gasteiger partial charge in [0, 0.05) is 79.4 Å². The number of alkyl halides is 2. The van der Waals surface area contributed by atoms with Gasteiger partial charge in [-0.2, -0.15) is 40.3 Å². The van der Waals surface area contributed by atoms with Gasteiger partial charge in [-0.1, -0.05) is 125 Å². The Morgan fingerprint density at radius 2 is 1.24 bits per heavy atom.